The summed E-state index contributed by atoms with van der Waals surface area (Å²) in [5.74, 6) is 0.650. The van der Waals surface area contributed by atoms with Crippen molar-refractivity contribution >= 4 is 0 Å². The molecule has 1 aliphatic heterocycles. The minimum absolute atomic E-state index is 0.232. The summed E-state index contributed by atoms with van der Waals surface area (Å²) in [6, 6.07) is 0.426. The summed E-state index contributed by atoms with van der Waals surface area (Å²) in [6.07, 6.45) is 2.70. The Bertz CT molecular complexity index is 146. The molecular weight excluding hydrogens is 178 g/mol. The van der Waals surface area contributed by atoms with Gasteiger partial charge < -0.3 is 14.8 Å². The van der Waals surface area contributed by atoms with Gasteiger partial charge in [-0.25, -0.2) is 0 Å². The Morgan fingerprint density at radius 3 is 2.71 bits per heavy atom. The summed E-state index contributed by atoms with van der Waals surface area (Å²) in [4.78, 5) is 0. The van der Waals surface area contributed by atoms with Gasteiger partial charge in [0.1, 0.15) is 0 Å². The van der Waals surface area contributed by atoms with Crippen molar-refractivity contribution in [1.29, 1.82) is 0 Å². The Morgan fingerprint density at radius 2 is 2.21 bits per heavy atom. The normalized spacial score (nSPS) is 27.2. The predicted molar refractivity (Wildman–Crippen MR) is 57.5 cm³/mol. The zero-order valence-electron chi connectivity index (χ0n) is 9.58. The molecule has 3 unspecified atom stereocenters. The van der Waals surface area contributed by atoms with E-state index in [0.717, 1.165) is 19.8 Å². The smallest absolute Gasteiger partial charge is 0.0964 e. The van der Waals surface area contributed by atoms with Crippen molar-refractivity contribution in [3.8, 4) is 0 Å². The fourth-order valence-corrected chi connectivity index (χ4v) is 2.19. The van der Waals surface area contributed by atoms with E-state index >= 15 is 0 Å². The van der Waals surface area contributed by atoms with Crippen molar-refractivity contribution in [2.24, 2.45) is 5.92 Å². The van der Waals surface area contributed by atoms with Crippen LogP contribution in [0.4, 0.5) is 0 Å². The maximum Gasteiger partial charge on any atom is 0.0964 e. The monoisotopic (exact) mass is 201 g/mol. The molecule has 0 spiro atoms. The fraction of sp³-hybridized carbons (Fsp3) is 1.00. The van der Waals surface area contributed by atoms with Crippen LogP contribution in [0, 0.1) is 5.92 Å². The average molecular weight is 201 g/mol. The van der Waals surface area contributed by atoms with Crippen molar-refractivity contribution in [2.45, 2.75) is 38.8 Å². The molecule has 0 aliphatic carbocycles. The molecule has 1 saturated heterocycles. The van der Waals surface area contributed by atoms with E-state index in [1.54, 1.807) is 0 Å². The molecule has 3 nitrogen and oxygen atoms in total. The maximum absolute atomic E-state index is 5.71. The van der Waals surface area contributed by atoms with E-state index in [2.05, 4.69) is 19.2 Å². The van der Waals surface area contributed by atoms with Gasteiger partial charge in [-0.1, -0.05) is 20.3 Å². The molecule has 0 aromatic carbocycles. The first-order valence-electron chi connectivity index (χ1n) is 5.66. The van der Waals surface area contributed by atoms with E-state index in [0.29, 0.717) is 12.0 Å². The molecule has 1 heterocycles. The summed E-state index contributed by atoms with van der Waals surface area (Å²) in [5.41, 5.74) is 0. The standard InChI is InChI=1S/C11H23NO2/c1-4-5-9(2)11(12-3)10-8-13-6-7-14-10/h9-12H,4-8H2,1-3H3. The van der Waals surface area contributed by atoms with Crippen molar-refractivity contribution in [3.05, 3.63) is 0 Å². The lowest BCUT2D eigenvalue weighted by atomic mass is 9.92. The van der Waals surface area contributed by atoms with Crippen LogP contribution in [0.5, 0.6) is 0 Å². The molecule has 3 heteroatoms. The van der Waals surface area contributed by atoms with Gasteiger partial charge in [0.25, 0.3) is 0 Å². The predicted octanol–water partition coefficient (Wildman–Crippen LogP) is 1.43. The Hall–Kier alpha value is -0.120. The summed E-state index contributed by atoms with van der Waals surface area (Å²) in [7, 11) is 2.01. The highest BCUT2D eigenvalue weighted by atomic mass is 16.6. The summed E-state index contributed by atoms with van der Waals surface area (Å²) < 4.78 is 11.1. The van der Waals surface area contributed by atoms with E-state index in [4.69, 9.17) is 9.47 Å². The van der Waals surface area contributed by atoms with Crippen LogP contribution in [0.1, 0.15) is 26.7 Å². The Kier molecular flexibility index (Phi) is 5.45. The zero-order valence-corrected chi connectivity index (χ0v) is 9.58. The first-order chi connectivity index (χ1) is 6.79. The third kappa shape index (κ3) is 3.23. The van der Waals surface area contributed by atoms with Crippen LogP contribution in [0.3, 0.4) is 0 Å². The Morgan fingerprint density at radius 1 is 1.43 bits per heavy atom. The van der Waals surface area contributed by atoms with Crippen molar-refractivity contribution in [3.63, 3.8) is 0 Å². The lowest BCUT2D eigenvalue weighted by Gasteiger charge is -2.33. The third-order valence-corrected chi connectivity index (χ3v) is 2.93. The van der Waals surface area contributed by atoms with Gasteiger partial charge in [-0.05, 0) is 19.4 Å². The van der Waals surface area contributed by atoms with Crippen LogP contribution in [0.2, 0.25) is 0 Å². The first-order valence-corrected chi connectivity index (χ1v) is 5.66. The number of ether oxygens (including phenoxy) is 2. The van der Waals surface area contributed by atoms with Gasteiger partial charge >= 0.3 is 0 Å². The highest BCUT2D eigenvalue weighted by Gasteiger charge is 2.27. The summed E-state index contributed by atoms with van der Waals surface area (Å²) in [5, 5.41) is 3.35. The lowest BCUT2D eigenvalue weighted by molar-refractivity contribution is -0.107. The van der Waals surface area contributed by atoms with E-state index in [1.807, 2.05) is 7.05 Å². The molecule has 1 fully saturated rings. The molecule has 1 N–H and O–H groups in total. The van der Waals surface area contributed by atoms with Crippen molar-refractivity contribution < 1.29 is 9.47 Å². The van der Waals surface area contributed by atoms with Gasteiger partial charge in [-0.15, -0.1) is 0 Å². The van der Waals surface area contributed by atoms with E-state index in [1.165, 1.54) is 12.8 Å². The minimum Gasteiger partial charge on any atom is -0.376 e. The Balaban J connectivity index is 2.41. The van der Waals surface area contributed by atoms with Crippen LogP contribution in [-0.2, 0) is 9.47 Å². The molecule has 1 rings (SSSR count). The third-order valence-electron chi connectivity index (χ3n) is 2.93. The molecule has 0 saturated carbocycles. The van der Waals surface area contributed by atoms with Crippen LogP contribution in [0.15, 0.2) is 0 Å². The molecule has 14 heavy (non-hydrogen) atoms. The van der Waals surface area contributed by atoms with Crippen LogP contribution >= 0.6 is 0 Å². The number of hydrogen-bond acceptors (Lipinski definition) is 3. The molecule has 0 radical (unpaired) electrons. The number of rotatable bonds is 5. The van der Waals surface area contributed by atoms with Gasteiger partial charge in [0, 0.05) is 6.04 Å². The highest BCUT2D eigenvalue weighted by molar-refractivity contribution is 4.81. The van der Waals surface area contributed by atoms with Gasteiger partial charge in [-0.2, -0.15) is 0 Å². The highest BCUT2D eigenvalue weighted by Crippen LogP contribution is 2.17. The zero-order chi connectivity index (χ0) is 10.4. The van der Waals surface area contributed by atoms with E-state index in [-0.39, 0.29) is 6.10 Å². The number of hydrogen-bond donors (Lipinski definition) is 1. The number of likely N-dealkylation sites (N-methyl/N-ethyl adjacent to an activating group) is 1. The van der Waals surface area contributed by atoms with Crippen LogP contribution in [-0.4, -0.2) is 39.0 Å². The SMILES string of the molecule is CCCC(C)C(NC)C1COCCO1. The van der Waals surface area contributed by atoms with Crippen LogP contribution < -0.4 is 5.32 Å². The van der Waals surface area contributed by atoms with Crippen molar-refractivity contribution in [1.82, 2.24) is 5.32 Å². The van der Waals surface area contributed by atoms with E-state index in [9.17, 15) is 0 Å². The Labute approximate surface area is 87.2 Å². The largest absolute Gasteiger partial charge is 0.376 e. The minimum atomic E-state index is 0.232. The van der Waals surface area contributed by atoms with E-state index < -0.39 is 0 Å². The molecule has 3 atom stereocenters. The van der Waals surface area contributed by atoms with Gasteiger partial charge in [0.05, 0.1) is 25.9 Å². The molecule has 84 valence electrons. The average Bonchev–Trinajstić information content (AvgIpc) is 2.21. The second kappa shape index (κ2) is 6.38. The quantitative estimate of drug-likeness (QED) is 0.730. The first kappa shape index (κ1) is 12.0. The second-order valence-electron chi connectivity index (χ2n) is 4.06. The molecule has 1 aliphatic rings. The van der Waals surface area contributed by atoms with Crippen molar-refractivity contribution in [2.75, 3.05) is 26.9 Å². The maximum atomic E-state index is 5.71. The van der Waals surface area contributed by atoms with Gasteiger partial charge in [0.2, 0.25) is 0 Å². The molecule has 0 amide bonds. The van der Waals surface area contributed by atoms with Gasteiger partial charge in [-0.3, -0.25) is 0 Å². The second-order valence-corrected chi connectivity index (χ2v) is 4.06. The molecule has 0 bridgehead atoms. The lowest BCUT2D eigenvalue weighted by Crippen LogP contribution is -2.48. The summed E-state index contributed by atoms with van der Waals surface area (Å²) >= 11 is 0. The topological polar surface area (TPSA) is 30.5 Å². The molecule has 0 aromatic heterocycles. The molecular formula is C11H23NO2. The van der Waals surface area contributed by atoms with Crippen LogP contribution in [0.25, 0.3) is 0 Å². The van der Waals surface area contributed by atoms with Gasteiger partial charge in [0.15, 0.2) is 0 Å². The fourth-order valence-electron chi connectivity index (χ4n) is 2.19. The molecule has 0 aromatic rings. The summed E-state index contributed by atoms with van der Waals surface area (Å²) in [6.45, 7) is 6.72. The number of nitrogens with one attached hydrogen (secondary N) is 1.